The van der Waals surface area contributed by atoms with Gasteiger partial charge in [0.15, 0.2) is 0 Å². The molecule has 0 radical (unpaired) electrons. The molecule has 1 aliphatic carbocycles. The number of carbonyl (C=O) groups is 1. The summed E-state index contributed by atoms with van der Waals surface area (Å²) in [5.74, 6) is -1.76. The molecule has 3 heterocycles. The number of rotatable bonds is 6. The van der Waals surface area contributed by atoms with Crippen molar-refractivity contribution in [3.63, 3.8) is 0 Å². The molecular formula is C21H29F2N3O3. The molecule has 1 aromatic heterocycles. The van der Waals surface area contributed by atoms with Gasteiger partial charge in [-0.1, -0.05) is 6.92 Å². The second-order valence-electron chi connectivity index (χ2n) is 8.90. The van der Waals surface area contributed by atoms with Crippen LogP contribution in [0.3, 0.4) is 0 Å². The number of ether oxygens (including phenoxy) is 1. The molecule has 0 bridgehead atoms. The number of anilines is 1. The number of hydrogen-bond acceptors (Lipinski definition) is 5. The summed E-state index contributed by atoms with van der Waals surface area (Å²) in [7, 11) is 0. The zero-order valence-corrected chi connectivity index (χ0v) is 17.3. The summed E-state index contributed by atoms with van der Waals surface area (Å²) in [4.78, 5) is 21.2. The number of aliphatic hydroxyl groups is 1. The highest BCUT2D eigenvalue weighted by atomic mass is 19.3. The average molecular weight is 409 g/mol. The molecule has 1 saturated carbocycles. The Morgan fingerprint density at radius 2 is 1.90 bits per heavy atom. The van der Waals surface area contributed by atoms with Crippen LogP contribution in [0.1, 0.15) is 53.4 Å². The van der Waals surface area contributed by atoms with E-state index in [2.05, 4.69) is 4.90 Å². The Morgan fingerprint density at radius 3 is 2.48 bits per heavy atom. The van der Waals surface area contributed by atoms with Gasteiger partial charge in [0.2, 0.25) is 0 Å². The molecule has 1 amide bonds. The van der Waals surface area contributed by atoms with Crippen LogP contribution in [0.2, 0.25) is 0 Å². The molecular weight excluding hydrogens is 380 g/mol. The predicted molar refractivity (Wildman–Crippen MR) is 104 cm³/mol. The van der Waals surface area contributed by atoms with E-state index in [0.29, 0.717) is 18.7 Å². The number of carbonyl (C=O) groups excluding carboxylic acids is 1. The summed E-state index contributed by atoms with van der Waals surface area (Å²) >= 11 is 0. The zero-order valence-electron chi connectivity index (χ0n) is 17.3. The Balaban J connectivity index is 1.41. The highest BCUT2D eigenvalue weighted by Crippen LogP contribution is 2.60. The first-order valence-electron chi connectivity index (χ1n) is 10.3. The van der Waals surface area contributed by atoms with Gasteiger partial charge < -0.3 is 19.6 Å². The number of alkyl halides is 2. The maximum absolute atomic E-state index is 13.4. The quantitative estimate of drug-likeness (QED) is 0.783. The minimum Gasteiger partial charge on any atom is -0.395 e. The predicted octanol–water partition coefficient (Wildman–Crippen LogP) is 2.68. The first-order valence-corrected chi connectivity index (χ1v) is 10.3. The second-order valence-corrected chi connectivity index (χ2v) is 8.90. The van der Waals surface area contributed by atoms with Crippen LogP contribution >= 0.6 is 0 Å². The van der Waals surface area contributed by atoms with E-state index in [0.717, 1.165) is 48.6 Å². The topological polar surface area (TPSA) is 65.9 Å². The Hall–Kier alpha value is -1.80. The lowest BCUT2D eigenvalue weighted by Crippen LogP contribution is -2.39. The molecule has 2 fully saturated rings. The van der Waals surface area contributed by atoms with Gasteiger partial charge in [0.25, 0.3) is 11.8 Å². The largest absolute Gasteiger partial charge is 0.395 e. The fraction of sp³-hybridized carbons (Fsp3) is 0.714. The van der Waals surface area contributed by atoms with E-state index >= 15 is 0 Å². The lowest BCUT2D eigenvalue weighted by atomic mass is 10.0. The molecule has 29 heavy (non-hydrogen) atoms. The van der Waals surface area contributed by atoms with Crippen LogP contribution in [-0.2, 0) is 11.3 Å². The van der Waals surface area contributed by atoms with Crippen molar-refractivity contribution in [2.45, 2.75) is 58.6 Å². The third-order valence-corrected chi connectivity index (χ3v) is 6.76. The molecule has 2 aliphatic heterocycles. The zero-order chi connectivity index (χ0) is 21.0. The van der Waals surface area contributed by atoms with Crippen LogP contribution < -0.4 is 4.90 Å². The van der Waals surface area contributed by atoms with Crippen LogP contribution in [0.25, 0.3) is 0 Å². The molecule has 0 unspecified atom stereocenters. The summed E-state index contributed by atoms with van der Waals surface area (Å²) in [6, 6.07) is 0. The lowest BCUT2D eigenvalue weighted by Gasteiger charge is -2.34. The van der Waals surface area contributed by atoms with Crippen molar-refractivity contribution in [1.29, 1.82) is 0 Å². The van der Waals surface area contributed by atoms with Gasteiger partial charge in [0.1, 0.15) is 5.82 Å². The van der Waals surface area contributed by atoms with Crippen molar-refractivity contribution in [3.8, 4) is 0 Å². The fourth-order valence-electron chi connectivity index (χ4n) is 4.40. The maximum atomic E-state index is 13.4. The molecule has 6 nitrogen and oxygen atoms in total. The van der Waals surface area contributed by atoms with Gasteiger partial charge in [0, 0.05) is 26.1 Å². The van der Waals surface area contributed by atoms with Crippen molar-refractivity contribution in [1.82, 2.24) is 9.88 Å². The number of piperidine rings is 1. The van der Waals surface area contributed by atoms with Gasteiger partial charge in [-0.25, -0.2) is 13.8 Å². The van der Waals surface area contributed by atoms with Crippen LogP contribution in [-0.4, -0.2) is 65.8 Å². The summed E-state index contributed by atoms with van der Waals surface area (Å²) in [5, 5.41) is 9.18. The van der Waals surface area contributed by atoms with E-state index < -0.39 is 11.3 Å². The second kappa shape index (κ2) is 7.16. The number of amides is 1. The molecule has 160 valence electrons. The van der Waals surface area contributed by atoms with Gasteiger partial charge in [0.05, 0.1) is 42.5 Å². The van der Waals surface area contributed by atoms with Crippen LogP contribution in [0, 0.1) is 19.3 Å². The molecule has 1 aromatic rings. The Bertz CT molecular complexity index is 824. The Labute approximate surface area is 169 Å². The number of halogens is 2. The molecule has 8 heteroatoms. The Kier molecular flexibility index (Phi) is 5.06. The van der Waals surface area contributed by atoms with Gasteiger partial charge in [-0.05, 0) is 37.8 Å². The highest BCUT2D eigenvalue weighted by Gasteiger charge is 2.68. The summed E-state index contributed by atoms with van der Waals surface area (Å²) < 4.78 is 32.6. The first kappa shape index (κ1) is 20.5. The third kappa shape index (κ3) is 3.50. The molecule has 3 aliphatic rings. The van der Waals surface area contributed by atoms with Crippen molar-refractivity contribution in [2.75, 3.05) is 37.7 Å². The SMILES string of the molecule is Cc1c(N2CCC(OC[C@@]3(C)CC3(F)F)CC2)nc2c(c1C)C(=O)N(CCO)C2. The normalized spacial score (nSPS) is 26.2. The lowest BCUT2D eigenvalue weighted by molar-refractivity contribution is -0.0245. The highest BCUT2D eigenvalue weighted by molar-refractivity contribution is 6.00. The fourth-order valence-corrected chi connectivity index (χ4v) is 4.40. The van der Waals surface area contributed by atoms with Gasteiger partial charge >= 0.3 is 0 Å². The summed E-state index contributed by atoms with van der Waals surface area (Å²) in [6.45, 7) is 7.80. The monoisotopic (exact) mass is 409 g/mol. The number of β-amino-alcohol motifs (C(OH)–C–C–N with tert-alkyl or cyclic N) is 1. The van der Waals surface area contributed by atoms with Gasteiger partial charge in [-0.2, -0.15) is 0 Å². The number of hydrogen-bond donors (Lipinski definition) is 1. The first-order chi connectivity index (χ1) is 13.7. The smallest absolute Gasteiger partial charge is 0.256 e. The van der Waals surface area contributed by atoms with E-state index in [1.165, 1.54) is 0 Å². The van der Waals surface area contributed by atoms with Crippen molar-refractivity contribution < 1.29 is 23.4 Å². The summed E-state index contributed by atoms with van der Waals surface area (Å²) in [5.41, 5.74) is 2.37. The summed E-state index contributed by atoms with van der Waals surface area (Å²) in [6.07, 6.45) is 1.46. The van der Waals surface area contributed by atoms with E-state index in [4.69, 9.17) is 9.72 Å². The van der Waals surface area contributed by atoms with E-state index in [1.807, 2.05) is 13.8 Å². The van der Waals surface area contributed by atoms with Gasteiger partial charge in [-0.3, -0.25) is 4.79 Å². The standard InChI is InChI=1S/C21H29F2N3O3/c1-13-14(2)18(24-16-10-26(8-9-27)19(28)17(13)16)25-6-4-15(5-7-25)29-12-20(3)11-21(20,22)23/h15,27H,4-12H2,1-3H3/t20-/m1/s1. The molecule has 4 rings (SSSR count). The van der Waals surface area contributed by atoms with E-state index in [-0.39, 0.29) is 31.6 Å². The third-order valence-electron chi connectivity index (χ3n) is 6.76. The van der Waals surface area contributed by atoms with Crippen molar-refractivity contribution in [2.24, 2.45) is 5.41 Å². The van der Waals surface area contributed by atoms with Crippen molar-refractivity contribution >= 4 is 11.7 Å². The average Bonchev–Trinajstić information content (AvgIpc) is 3.02. The van der Waals surface area contributed by atoms with E-state index in [1.54, 1.807) is 11.8 Å². The van der Waals surface area contributed by atoms with Crippen LogP contribution in [0.5, 0.6) is 0 Å². The Morgan fingerprint density at radius 1 is 1.24 bits per heavy atom. The minimum atomic E-state index is -2.59. The molecule has 0 aromatic carbocycles. The molecule has 0 spiro atoms. The number of fused-ring (bicyclic) bond motifs is 1. The molecule has 1 saturated heterocycles. The maximum Gasteiger partial charge on any atom is 0.256 e. The number of aromatic nitrogens is 1. The van der Waals surface area contributed by atoms with Crippen molar-refractivity contribution in [3.05, 3.63) is 22.4 Å². The van der Waals surface area contributed by atoms with E-state index in [9.17, 15) is 18.7 Å². The van der Waals surface area contributed by atoms with Crippen LogP contribution in [0.4, 0.5) is 14.6 Å². The minimum absolute atomic E-state index is 0.00284. The van der Waals surface area contributed by atoms with Gasteiger partial charge in [-0.15, -0.1) is 0 Å². The molecule has 1 atom stereocenters. The molecule has 1 N–H and O–H groups in total. The number of pyridine rings is 1. The van der Waals surface area contributed by atoms with Crippen LogP contribution in [0.15, 0.2) is 0 Å². The number of aliphatic hydroxyl groups excluding tert-OH is 1. The number of nitrogens with zero attached hydrogens (tertiary/aromatic N) is 3.